The maximum absolute atomic E-state index is 12.4. The molecule has 0 spiro atoms. The molecule has 1 saturated heterocycles. The van der Waals surface area contributed by atoms with Crippen LogP contribution in [-0.2, 0) is 15.0 Å². The molecule has 1 aromatic rings. The number of carboxylic acids is 1. The average Bonchev–Trinajstić information content (AvgIpc) is 2.86. The van der Waals surface area contributed by atoms with Crippen molar-refractivity contribution in [3.63, 3.8) is 0 Å². The minimum atomic E-state index is -3.89. The van der Waals surface area contributed by atoms with Crippen molar-refractivity contribution in [1.29, 1.82) is 0 Å². The second-order valence-corrected chi connectivity index (χ2v) is 6.99. The van der Waals surface area contributed by atoms with Crippen LogP contribution in [0.15, 0.2) is 12.4 Å². The van der Waals surface area contributed by atoms with Crippen LogP contribution < -0.4 is 4.72 Å². The first-order valence-corrected chi connectivity index (χ1v) is 8.32. The lowest BCUT2D eigenvalue weighted by atomic mass is 10.1. The first kappa shape index (κ1) is 15.8. The highest BCUT2D eigenvalue weighted by atomic mass is 32.2. The quantitative estimate of drug-likeness (QED) is 0.845. The zero-order valence-corrected chi connectivity index (χ0v) is 12.9. The molecular formula is C12H20N4O4S. The van der Waals surface area contributed by atoms with Crippen molar-refractivity contribution in [2.24, 2.45) is 0 Å². The summed E-state index contributed by atoms with van der Waals surface area (Å²) in [5, 5.41) is 13.2. The van der Waals surface area contributed by atoms with Gasteiger partial charge in [-0.05, 0) is 33.1 Å². The fourth-order valence-corrected chi connectivity index (χ4v) is 3.74. The highest BCUT2D eigenvalue weighted by Gasteiger charge is 2.36. The summed E-state index contributed by atoms with van der Waals surface area (Å²) in [5.41, 5.74) is 0.332. The van der Waals surface area contributed by atoms with E-state index in [1.807, 2.05) is 13.8 Å². The predicted molar refractivity (Wildman–Crippen MR) is 77.1 cm³/mol. The molecule has 2 heterocycles. The molecule has 0 saturated carbocycles. The van der Waals surface area contributed by atoms with Gasteiger partial charge in [0.15, 0.2) is 0 Å². The Hall–Kier alpha value is -1.61. The summed E-state index contributed by atoms with van der Waals surface area (Å²) in [4.78, 5) is 11.2. The molecule has 1 aliphatic heterocycles. The SMILES string of the molecule is CC(C)n1cc(NS(=O)(=O)N2CCCCC2C(=O)O)cn1. The lowest BCUT2D eigenvalue weighted by Gasteiger charge is -2.31. The molecule has 8 nitrogen and oxygen atoms in total. The largest absolute Gasteiger partial charge is 0.480 e. The number of aromatic nitrogens is 2. The van der Waals surface area contributed by atoms with Gasteiger partial charge < -0.3 is 5.11 Å². The highest BCUT2D eigenvalue weighted by Crippen LogP contribution is 2.22. The molecule has 1 atom stereocenters. The lowest BCUT2D eigenvalue weighted by Crippen LogP contribution is -2.49. The van der Waals surface area contributed by atoms with Gasteiger partial charge in [-0.3, -0.25) is 14.2 Å². The van der Waals surface area contributed by atoms with E-state index in [9.17, 15) is 13.2 Å². The van der Waals surface area contributed by atoms with E-state index >= 15 is 0 Å². The van der Waals surface area contributed by atoms with Crippen molar-refractivity contribution in [3.05, 3.63) is 12.4 Å². The second kappa shape index (κ2) is 6.02. The minimum Gasteiger partial charge on any atom is -0.480 e. The molecular weight excluding hydrogens is 296 g/mol. The summed E-state index contributed by atoms with van der Waals surface area (Å²) in [6, 6.07) is -0.888. The molecule has 1 aliphatic rings. The van der Waals surface area contributed by atoms with Crippen LogP contribution in [-0.4, -0.2) is 46.2 Å². The van der Waals surface area contributed by atoms with Gasteiger partial charge in [-0.1, -0.05) is 0 Å². The molecule has 118 valence electrons. The van der Waals surface area contributed by atoms with Crippen molar-refractivity contribution in [2.45, 2.75) is 45.2 Å². The van der Waals surface area contributed by atoms with E-state index in [0.29, 0.717) is 24.9 Å². The maximum atomic E-state index is 12.4. The molecule has 21 heavy (non-hydrogen) atoms. The number of anilines is 1. The van der Waals surface area contributed by atoms with Crippen molar-refractivity contribution >= 4 is 21.9 Å². The first-order valence-electron chi connectivity index (χ1n) is 6.88. The Bertz CT molecular complexity index is 611. The monoisotopic (exact) mass is 316 g/mol. The summed E-state index contributed by atoms with van der Waals surface area (Å²) in [6.07, 6.45) is 4.71. The molecule has 0 bridgehead atoms. The van der Waals surface area contributed by atoms with Gasteiger partial charge in [-0.15, -0.1) is 0 Å². The Balaban J connectivity index is 2.17. The van der Waals surface area contributed by atoms with Crippen LogP contribution in [0.25, 0.3) is 0 Å². The summed E-state index contributed by atoms with van der Waals surface area (Å²) in [7, 11) is -3.89. The van der Waals surface area contributed by atoms with E-state index in [0.717, 1.165) is 4.31 Å². The van der Waals surface area contributed by atoms with Gasteiger partial charge in [0.2, 0.25) is 0 Å². The number of rotatable bonds is 5. The number of carbonyl (C=O) groups is 1. The Morgan fingerprint density at radius 2 is 2.19 bits per heavy atom. The molecule has 2 rings (SSSR count). The van der Waals surface area contributed by atoms with Crippen molar-refractivity contribution in [3.8, 4) is 0 Å². The second-order valence-electron chi connectivity index (χ2n) is 5.37. The minimum absolute atomic E-state index is 0.116. The van der Waals surface area contributed by atoms with Crippen molar-refractivity contribution < 1.29 is 18.3 Å². The number of hydrogen-bond donors (Lipinski definition) is 2. The van der Waals surface area contributed by atoms with Gasteiger partial charge in [-0.25, -0.2) is 0 Å². The lowest BCUT2D eigenvalue weighted by molar-refractivity contribution is -0.142. The smallest absolute Gasteiger partial charge is 0.322 e. The standard InChI is InChI=1S/C12H20N4O4S/c1-9(2)15-8-10(7-13-15)14-21(19,20)16-6-4-3-5-11(16)12(17)18/h7-9,11,14H,3-6H2,1-2H3,(H,17,18). The average molecular weight is 316 g/mol. The van der Waals surface area contributed by atoms with Gasteiger partial charge in [0.05, 0.1) is 11.9 Å². The zero-order valence-electron chi connectivity index (χ0n) is 12.1. The van der Waals surface area contributed by atoms with Crippen LogP contribution in [0.5, 0.6) is 0 Å². The van der Waals surface area contributed by atoms with E-state index in [2.05, 4.69) is 9.82 Å². The molecule has 0 aliphatic carbocycles. The topological polar surface area (TPSA) is 105 Å². The molecule has 0 radical (unpaired) electrons. The van der Waals surface area contributed by atoms with E-state index < -0.39 is 22.2 Å². The van der Waals surface area contributed by atoms with Crippen molar-refractivity contribution in [2.75, 3.05) is 11.3 Å². The van der Waals surface area contributed by atoms with Gasteiger partial charge >= 0.3 is 16.2 Å². The fraction of sp³-hybridized carbons (Fsp3) is 0.667. The zero-order chi connectivity index (χ0) is 15.6. The first-order chi connectivity index (χ1) is 9.81. The van der Waals surface area contributed by atoms with E-state index in [-0.39, 0.29) is 12.6 Å². The van der Waals surface area contributed by atoms with Crippen LogP contribution in [0, 0.1) is 0 Å². The fourth-order valence-electron chi connectivity index (χ4n) is 2.32. The summed E-state index contributed by atoms with van der Waals surface area (Å²) >= 11 is 0. The van der Waals surface area contributed by atoms with E-state index in [1.165, 1.54) is 6.20 Å². The third-order valence-corrected chi connectivity index (χ3v) is 4.97. The Morgan fingerprint density at radius 1 is 1.48 bits per heavy atom. The summed E-state index contributed by atoms with van der Waals surface area (Å²) < 4.78 is 29.8. The van der Waals surface area contributed by atoms with Crippen LogP contribution >= 0.6 is 0 Å². The number of nitrogens with zero attached hydrogens (tertiary/aromatic N) is 3. The number of nitrogens with one attached hydrogen (secondary N) is 1. The van der Waals surface area contributed by atoms with Gasteiger partial charge in [0.1, 0.15) is 6.04 Å². The number of carboxylic acid groups (broad SMARTS) is 1. The molecule has 0 amide bonds. The molecule has 0 aromatic carbocycles. The van der Waals surface area contributed by atoms with Crippen LogP contribution in [0.4, 0.5) is 5.69 Å². The van der Waals surface area contributed by atoms with Crippen LogP contribution in [0.2, 0.25) is 0 Å². The van der Waals surface area contributed by atoms with E-state index in [1.54, 1.807) is 10.9 Å². The van der Waals surface area contributed by atoms with E-state index in [4.69, 9.17) is 5.11 Å². The number of piperidine rings is 1. The van der Waals surface area contributed by atoms with Gasteiger partial charge in [0.25, 0.3) is 0 Å². The van der Waals surface area contributed by atoms with Gasteiger partial charge in [-0.2, -0.15) is 17.8 Å². The Labute approximate surface area is 123 Å². The van der Waals surface area contributed by atoms with Gasteiger partial charge in [0, 0.05) is 18.8 Å². The molecule has 2 N–H and O–H groups in total. The highest BCUT2D eigenvalue weighted by molar-refractivity contribution is 7.90. The third kappa shape index (κ3) is 3.53. The third-order valence-electron chi connectivity index (χ3n) is 3.42. The Morgan fingerprint density at radius 3 is 2.76 bits per heavy atom. The molecule has 1 unspecified atom stereocenters. The normalized spacial score (nSPS) is 20.6. The predicted octanol–water partition coefficient (Wildman–Crippen LogP) is 1.06. The summed E-state index contributed by atoms with van der Waals surface area (Å²) in [6.45, 7) is 4.07. The maximum Gasteiger partial charge on any atom is 0.322 e. The molecule has 1 aromatic heterocycles. The van der Waals surface area contributed by atoms with Crippen molar-refractivity contribution in [1.82, 2.24) is 14.1 Å². The Kier molecular flexibility index (Phi) is 4.52. The van der Waals surface area contributed by atoms with Crippen LogP contribution in [0.3, 0.4) is 0 Å². The number of aliphatic carboxylic acids is 1. The number of hydrogen-bond acceptors (Lipinski definition) is 4. The van der Waals surface area contributed by atoms with Crippen LogP contribution in [0.1, 0.15) is 39.2 Å². The molecule has 9 heteroatoms. The molecule has 1 fully saturated rings. The summed E-state index contributed by atoms with van der Waals surface area (Å²) in [5.74, 6) is -1.11.